The normalized spacial score (nSPS) is 11.5. The third kappa shape index (κ3) is 3.37. The Balaban J connectivity index is 2.02. The monoisotopic (exact) mass is 364 g/mol. The average molecular weight is 364 g/mol. The topological polar surface area (TPSA) is 81.4 Å². The van der Waals surface area contributed by atoms with E-state index < -0.39 is 24.1 Å². The molecule has 1 heterocycles. The molecule has 0 aliphatic heterocycles. The predicted molar refractivity (Wildman–Crippen MR) is 83.7 cm³/mol. The van der Waals surface area contributed by atoms with Crippen LogP contribution in [0.3, 0.4) is 0 Å². The molecule has 2 aromatic carbocycles. The van der Waals surface area contributed by atoms with Crippen molar-refractivity contribution in [1.82, 2.24) is 9.55 Å². The number of aromatic nitrogens is 2. The number of imidazole rings is 1. The Morgan fingerprint density at radius 1 is 1.12 bits per heavy atom. The number of carbonyl (C=O) groups excluding carboxylic acids is 1. The van der Waals surface area contributed by atoms with E-state index in [4.69, 9.17) is 9.84 Å². The highest BCUT2D eigenvalue weighted by Crippen LogP contribution is 2.32. The Morgan fingerprint density at radius 2 is 1.81 bits per heavy atom. The lowest BCUT2D eigenvalue weighted by atomic mass is 10.2. The number of carboxylic acids is 1. The second kappa shape index (κ2) is 6.51. The number of carbonyl (C=O) groups is 2. The molecule has 1 N–H and O–H groups in total. The van der Waals surface area contributed by atoms with Crippen molar-refractivity contribution in [3.05, 3.63) is 65.5 Å². The van der Waals surface area contributed by atoms with Crippen LogP contribution in [0.25, 0.3) is 11.0 Å². The van der Waals surface area contributed by atoms with E-state index in [1.165, 1.54) is 0 Å². The van der Waals surface area contributed by atoms with Crippen molar-refractivity contribution in [1.29, 1.82) is 0 Å². The number of hydrogen-bond donors (Lipinski definition) is 1. The van der Waals surface area contributed by atoms with Gasteiger partial charge in [-0.15, -0.1) is 0 Å². The molecule has 6 nitrogen and oxygen atoms in total. The molecule has 0 spiro atoms. The van der Waals surface area contributed by atoms with Gasteiger partial charge in [0.25, 0.3) is 0 Å². The third-order valence-corrected chi connectivity index (χ3v) is 3.54. The summed E-state index contributed by atoms with van der Waals surface area (Å²) in [7, 11) is 0. The number of halogens is 3. The Bertz CT molecular complexity index is 981. The van der Waals surface area contributed by atoms with Gasteiger partial charge in [-0.1, -0.05) is 30.3 Å². The zero-order valence-electron chi connectivity index (χ0n) is 13.0. The van der Waals surface area contributed by atoms with Gasteiger partial charge in [0.1, 0.15) is 6.61 Å². The lowest BCUT2D eigenvalue weighted by Gasteiger charge is -2.11. The van der Waals surface area contributed by atoms with E-state index in [1.54, 1.807) is 30.3 Å². The van der Waals surface area contributed by atoms with Crippen molar-refractivity contribution in [2.24, 2.45) is 0 Å². The maximum Gasteiger partial charge on any atom is 0.450 e. The van der Waals surface area contributed by atoms with E-state index in [9.17, 15) is 22.8 Å². The number of aromatic carboxylic acids is 1. The number of rotatable bonds is 3. The largest absolute Gasteiger partial charge is 0.478 e. The van der Waals surface area contributed by atoms with Gasteiger partial charge in [0, 0.05) is 0 Å². The summed E-state index contributed by atoms with van der Waals surface area (Å²) in [6.45, 7) is -0.218. The number of ether oxygens (including phenoxy) is 1. The van der Waals surface area contributed by atoms with Gasteiger partial charge in [-0.2, -0.15) is 13.2 Å². The molecule has 0 saturated heterocycles. The molecule has 0 unspecified atom stereocenters. The van der Waals surface area contributed by atoms with E-state index in [2.05, 4.69) is 4.98 Å². The van der Waals surface area contributed by atoms with Crippen LogP contribution in [-0.4, -0.2) is 26.7 Å². The minimum Gasteiger partial charge on any atom is -0.478 e. The van der Waals surface area contributed by atoms with Crippen molar-refractivity contribution in [2.75, 3.05) is 0 Å². The molecular weight excluding hydrogens is 353 g/mol. The molecule has 0 atom stereocenters. The summed E-state index contributed by atoms with van der Waals surface area (Å²) in [5.41, 5.74) is -0.102. The Kier molecular flexibility index (Phi) is 4.37. The highest BCUT2D eigenvalue weighted by molar-refractivity contribution is 5.95. The van der Waals surface area contributed by atoms with Gasteiger partial charge >= 0.3 is 18.2 Å². The Morgan fingerprint density at radius 3 is 2.42 bits per heavy atom. The maximum absolute atomic E-state index is 13.3. The molecule has 0 aliphatic rings. The second-order valence-electron chi connectivity index (χ2n) is 5.32. The van der Waals surface area contributed by atoms with Crippen LogP contribution >= 0.6 is 0 Å². The fraction of sp³-hybridized carbons (Fsp3) is 0.118. The van der Waals surface area contributed by atoms with Crippen LogP contribution in [0.5, 0.6) is 0 Å². The van der Waals surface area contributed by atoms with Crippen molar-refractivity contribution in [3.63, 3.8) is 0 Å². The molecule has 0 aliphatic carbocycles. The van der Waals surface area contributed by atoms with Crippen LogP contribution in [0.2, 0.25) is 0 Å². The maximum atomic E-state index is 13.3. The minimum atomic E-state index is -4.92. The first-order valence-electron chi connectivity index (χ1n) is 7.31. The van der Waals surface area contributed by atoms with Crippen molar-refractivity contribution in [3.8, 4) is 0 Å². The van der Waals surface area contributed by atoms with Crippen molar-refractivity contribution in [2.45, 2.75) is 12.8 Å². The first-order valence-corrected chi connectivity index (χ1v) is 7.31. The van der Waals surface area contributed by atoms with Gasteiger partial charge in [-0.3, -0.25) is 0 Å². The smallest absolute Gasteiger partial charge is 0.450 e. The molecular formula is C17H11F3N2O4. The molecule has 0 fully saturated rings. The average Bonchev–Trinajstić information content (AvgIpc) is 2.99. The predicted octanol–water partition coefficient (Wildman–Crippen LogP) is 3.94. The number of hydrogen-bond acceptors (Lipinski definition) is 4. The number of nitrogens with zero attached hydrogens (tertiary/aromatic N) is 2. The summed E-state index contributed by atoms with van der Waals surface area (Å²) < 4.78 is 45.0. The molecule has 0 bridgehead atoms. The SMILES string of the molecule is O=C(O)c1ccc2c(c1)nc(C(F)(F)F)n2C(=O)OCc1ccccc1. The quantitative estimate of drug-likeness (QED) is 0.761. The Labute approximate surface area is 144 Å². The molecule has 0 amide bonds. The van der Waals surface area contributed by atoms with E-state index in [-0.39, 0.29) is 23.2 Å². The number of fused-ring (bicyclic) bond motifs is 1. The minimum absolute atomic E-state index is 0.194. The van der Waals surface area contributed by atoms with Crippen LogP contribution in [0.1, 0.15) is 21.7 Å². The van der Waals surface area contributed by atoms with Crippen LogP contribution in [0.4, 0.5) is 18.0 Å². The highest BCUT2D eigenvalue weighted by atomic mass is 19.4. The molecule has 134 valence electrons. The second-order valence-corrected chi connectivity index (χ2v) is 5.32. The fourth-order valence-corrected chi connectivity index (χ4v) is 2.37. The van der Waals surface area contributed by atoms with Gasteiger partial charge in [0.05, 0.1) is 16.6 Å². The Hall–Kier alpha value is -3.36. The molecule has 1 aromatic heterocycles. The summed E-state index contributed by atoms with van der Waals surface area (Å²) in [4.78, 5) is 26.6. The summed E-state index contributed by atoms with van der Waals surface area (Å²) >= 11 is 0. The van der Waals surface area contributed by atoms with Gasteiger partial charge < -0.3 is 9.84 Å². The summed E-state index contributed by atoms with van der Waals surface area (Å²) in [6.07, 6.45) is -6.18. The zero-order valence-corrected chi connectivity index (χ0v) is 13.0. The number of alkyl halides is 3. The first-order chi connectivity index (χ1) is 12.3. The van der Waals surface area contributed by atoms with Crippen LogP contribution in [0.15, 0.2) is 48.5 Å². The molecule has 3 aromatic rings. The van der Waals surface area contributed by atoms with Gasteiger partial charge in [0.2, 0.25) is 5.82 Å². The summed E-state index contributed by atoms with van der Waals surface area (Å²) in [6, 6.07) is 11.6. The van der Waals surface area contributed by atoms with E-state index in [0.717, 1.165) is 18.2 Å². The van der Waals surface area contributed by atoms with Crippen molar-refractivity contribution >= 4 is 23.1 Å². The molecule has 0 saturated carbocycles. The first kappa shape index (κ1) is 17.5. The molecule has 3 rings (SSSR count). The van der Waals surface area contributed by atoms with E-state index in [1.807, 2.05) is 0 Å². The third-order valence-electron chi connectivity index (χ3n) is 3.54. The van der Waals surface area contributed by atoms with Crippen molar-refractivity contribution < 1.29 is 32.6 Å². The molecule has 9 heteroatoms. The van der Waals surface area contributed by atoms with Gasteiger partial charge in [-0.25, -0.2) is 19.1 Å². The van der Waals surface area contributed by atoms with Gasteiger partial charge in [-0.05, 0) is 23.8 Å². The van der Waals surface area contributed by atoms with Crippen LogP contribution in [-0.2, 0) is 17.5 Å². The fourth-order valence-electron chi connectivity index (χ4n) is 2.37. The number of carboxylic acid groups (broad SMARTS) is 1. The van der Waals surface area contributed by atoms with Crippen LogP contribution < -0.4 is 0 Å². The summed E-state index contributed by atoms with van der Waals surface area (Å²) in [5, 5.41) is 8.95. The standard InChI is InChI=1S/C17H11F3N2O4/c18-17(19,20)15-21-12-8-11(14(23)24)6-7-13(12)22(15)16(25)26-9-10-4-2-1-3-5-10/h1-8H,9H2,(H,23,24). The van der Waals surface area contributed by atoms with E-state index in [0.29, 0.717) is 10.1 Å². The number of benzene rings is 2. The van der Waals surface area contributed by atoms with Crippen LogP contribution in [0, 0.1) is 0 Å². The zero-order chi connectivity index (χ0) is 18.9. The summed E-state index contributed by atoms with van der Waals surface area (Å²) in [5.74, 6) is -2.80. The van der Waals surface area contributed by atoms with Gasteiger partial charge in [0.15, 0.2) is 0 Å². The molecule has 26 heavy (non-hydrogen) atoms. The lowest BCUT2D eigenvalue weighted by Crippen LogP contribution is -2.22. The van der Waals surface area contributed by atoms with E-state index >= 15 is 0 Å². The highest BCUT2D eigenvalue weighted by Gasteiger charge is 2.40. The molecule has 0 radical (unpaired) electrons. The lowest BCUT2D eigenvalue weighted by molar-refractivity contribution is -0.146.